The van der Waals surface area contributed by atoms with Crippen LogP contribution in [-0.2, 0) is 4.79 Å². The number of rotatable bonds is 3. The Balaban J connectivity index is 1.76. The summed E-state index contributed by atoms with van der Waals surface area (Å²) in [5, 5.41) is 0.957. The van der Waals surface area contributed by atoms with Crippen LogP contribution in [0.1, 0.15) is 29.8 Å². The van der Waals surface area contributed by atoms with Gasteiger partial charge in [-0.25, -0.2) is 4.98 Å². The van der Waals surface area contributed by atoms with Crippen LogP contribution in [0.15, 0.2) is 53.7 Å². The lowest BCUT2D eigenvalue weighted by molar-refractivity contribution is -0.115. The molecule has 3 heterocycles. The van der Waals surface area contributed by atoms with Crippen LogP contribution >= 0.6 is 11.8 Å². The second kappa shape index (κ2) is 5.31. The molecule has 24 heavy (non-hydrogen) atoms. The summed E-state index contributed by atoms with van der Waals surface area (Å²) in [6.07, 6.45) is 3.87. The highest BCUT2D eigenvalue weighted by atomic mass is 32.2. The van der Waals surface area contributed by atoms with Gasteiger partial charge in [-0.05, 0) is 37.6 Å². The fraction of sp³-hybridized carbons (Fsp3) is 0.211. The minimum Gasteiger partial charge on any atom is -0.295 e. The van der Waals surface area contributed by atoms with Crippen molar-refractivity contribution in [3.63, 3.8) is 0 Å². The third kappa shape index (κ3) is 2.19. The molecule has 0 bridgehead atoms. The molecule has 5 heteroatoms. The molecule has 0 saturated heterocycles. The number of carbonyl (C=O) groups is 2. The van der Waals surface area contributed by atoms with Crippen LogP contribution in [0.25, 0.3) is 5.57 Å². The van der Waals surface area contributed by atoms with Gasteiger partial charge >= 0.3 is 0 Å². The third-order valence-corrected chi connectivity index (χ3v) is 5.36. The molecule has 0 saturated carbocycles. The number of hydrogen-bond donors (Lipinski definition) is 0. The second-order valence-electron chi connectivity index (χ2n) is 6.45. The predicted molar refractivity (Wildman–Crippen MR) is 95.3 cm³/mol. The first kappa shape index (κ1) is 15.1. The van der Waals surface area contributed by atoms with Crippen molar-refractivity contribution >= 4 is 34.7 Å². The molecule has 1 amide bonds. The number of benzene rings is 1. The van der Waals surface area contributed by atoms with E-state index in [4.69, 9.17) is 0 Å². The van der Waals surface area contributed by atoms with Crippen molar-refractivity contribution < 1.29 is 9.59 Å². The Morgan fingerprint density at radius 1 is 1.08 bits per heavy atom. The molecule has 4 rings (SSSR count). The molecule has 4 nitrogen and oxygen atoms in total. The second-order valence-corrected chi connectivity index (χ2v) is 7.45. The van der Waals surface area contributed by atoms with Crippen LogP contribution in [0.3, 0.4) is 0 Å². The van der Waals surface area contributed by atoms with Crippen molar-refractivity contribution in [1.29, 1.82) is 0 Å². The van der Waals surface area contributed by atoms with Crippen LogP contribution < -0.4 is 4.90 Å². The number of Topliss-reactive ketones (excluding diaryl/α,β-unsaturated/α-hetero) is 1. The van der Waals surface area contributed by atoms with Crippen molar-refractivity contribution in [3.8, 4) is 0 Å². The minimum absolute atomic E-state index is 0.410. The van der Waals surface area contributed by atoms with E-state index >= 15 is 0 Å². The Labute approximate surface area is 144 Å². The van der Waals surface area contributed by atoms with Crippen molar-refractivity contribution in [1.82, 2.24) is 4.98 Å². The molecule has 120 valence electrons. The van der Waals surface area contributed by atoms with Gasteiger partial charge in [0.25, 0.3) is 11.7 Å². The van der Waals surface area contributed by atoms with Crippen molar-refractivity contribution in [3.05, 3.63) is 59.8 Å². The van der Waals surface area contributed by atoms with Gasteiger partial charge in [0.05, 0.1) is 21.8 Å². The normalized spacial score (nSPS) is 17.8. The van der Waals surface area contributed by atoms with Gasteiger partial charge in [0.1, 0.15) is 0 Å². The zero-order valence-electron chi connectivity index (χ0n) is 13.4. The van der Waals surface area contributed by atoms with Crippen LogP contribution in [-0.4, -0.2) is 28.0 Å². The van der Waals surface area contributed by atoms with Crippen LogP contribution in [0.2, 0.25) is 0 Å². The summed E-state index contributed by atoms with van der Waals surface area (Å²) < 4.78 is 0. The van der Waals surface area contributed by atoms with Crippen molar-refractivity contribution in [2.24, 2.45) is 0 Å². The number of thioether (sulfide) groups is 1. The fourth-order valence-electron chi connectivity index (χ4n) is 3.37. The van der Waals surface area contributed by atoms with Crippen LogP contribution in [0.5, 0.6) is 0 Å². The number of carbonyl (C=O) groups excluding carboxylic acids is 2. The van der Waals surface area contributed by atoms with E-state index in [0.29, 0.717) is 5.56 Å². The Bertz CT molecular complexity index is 887. The van der Waals surface area contributed by atoms with Crippen LogP contribution in [0, 0.1) is 0 Å². The van der Waals surface area contributed by atoms with Gasteiger partial charge in [-0.2, -0.15) is 0 Å². The predicted octanol–water partition coefficient (Wildman–Crippen LogP) is 3.58. The van der Waals surface area contributed by atoms with Gasteiger partial charge in [0, 0.05) is 17.5 Å². The van der Waals surface area contributed by atoms with Crippen molar-refractivity contribution in [2.45, 2.75) is 24.4 Å². The highest BCUT2D eigenvalue weighted by Crippen LogP contribution is 2.46. The first-order valence-electron chi connectivity index (χ1n) is 7.77. The molecule has 2 aliphatic heterocycles. The highest BCUT2D eigenvalue weighted by Gasteiger charge is 2.46. The molecule has 0 spiro atoms. The lowest BCUT2D eigenvalue weighted by Gasteiger charge is -2.38. The topological polar surface area (TPSA) is 50.3 Å². The average Bonchev–Trinajstić information content (AvgIpc) is 2.84. The van der Waals surface area contributed by atoms with E-state index < -0.39 is 17.2 Å². The number of aromatic nitrogens is 1. The first-order valence-corrected chi connectivity index (χ1v) is 8.75. The summed E-state index contributed by atoms with van der Waals surface area (Å²) in [6.45, 7) is 3.93. The molecule has 0 unspecified atom stereocenters. The molecule has 1 aromatic carbocycles. The lowest BCUT2D eigenvalue weighted by Crippen LogP contribution is -2.47. The minimum atomic E-state index is -0.521. The molecule has 0 radical (unpaired) electrons. The van der Waals surface area contributed by atoms with E-state index in [0.717, 1.165) is 27.6 Å². The number of nitrogens with zero attached hydrogens (tertiary/aromatic N) is 2. The summed E-state index contributed by atoms with van der Waals surface area (Å²) in [4.78, 5) is 30.7. The monoisotopic (exact) mass is 336 g/mol. The zero-order valence-corrected chi connectivity index (χ0v) is 14.3. The standard InChI is InChI=1S/C19H16N2O2S/c1-19(2)10-12(11-24-15-8-3-4-9-20-15)13-6-5-7-14-16(13)21(19)18(23)17(14)22/h3-10H,11H2,1-2H3. The van der Waals surface area contributed by atoms with Gasteiger partial charge in [0.15, 0.2) is 0 Å². The number of pyridine rings is 1. The largest absolute Gasteiger partial charge is 0.300 e. The molecular formula is C19H16N2O2S. The Hall–Kier alpha value is -2.40. The molecule has 2 aliphatic rings. The summed E-state index contributed by atoms with van der Waals surface area (Å²) in [5.74, 6) is -0.102. The third-order valence-electron chi connectivity index (χ3n) is 4.36. The highest BCUT2D eigenvalue weighted by molar-refractivity contribution is 7.99. The fourth-order valence-corrected chi connectivity index (χ4v) is 4.22. The van der Waals surface area contributed by atoms with Gasteiger partial charge in [-0.3, -0.25) is 14.5 Å². The van der Waals surface area contributed by atoms with E-state index in [1.807, 2.05) is 44.2 Å². The number of hydrogen-bond acceptors (Lipinski definition) is 4. The summed E-state index contributed by atoms with van der Waals surface area (Å²) in [5.41, 5.74) is 2.85. The molecular weight excluding hydrogens is 320 g/mol. The summed E-state index contributed by atoms with van der Waals surface area (Å²) >= 11 is 1.65. The molecule has 2 aromatic rings. The summed E-state index contributed by atoms with van der Waals surface area (Å²) in [6, 6.07) is 11.4. The number of amides is 1. The summed E-state index contributed by atoms with van der Waals surface area (Å²) in [7, 11) is 0. The molecule has 0 atom stereocenters. The van der Waals surface area contributed by atoms with Gasteiger partial charge in [-0.15, -0.1) is 11.8 Å². The maximum Gasteiger partial charge on any atom is 0.300 e. The first-order chi connectivity index (χ1) is 11.5. The Morgan fingerprint density at radius 3 is 2.62 bits per heavy atom. The Kier molecular flexibility index (Phi) is 3.35. The maximum atomic E-state index is 12.4. The van der Waals surface area contributed by atoms with E-state index in [1.54, 1.807) is 28.9 Å². The molecule has 0 aliphatic carbocycles. The SMILES string of the molecule is CC1(C)C=C(CSc2ccccn2)c2cccc3c2N1C(=O)C3=O. The van der Waals surface area contributed by atoms with E-state index in [1.165, 1.54) is 0 Å². The quantitative estimate of drug-likeness (QED) is 0.635. The average molecular weight is 336 g/mol. The molecule has 0 fully saturated rings. The zero-order chi connectivity index (χ0) is 16.9. The lowest BCUT2D eigenvalue weighted by atomic mass is 9.89. The smallest absolute Gasteiger partial charge is 0.295 e. The van der Waals surface area contributed by atoms with E-state index in [2.05, 4.69) is 11.1 Å². The van der Waals surface area contributed by atoms with E-state index in [-0.39, 0.29) is 0 Å². The van der Waals surface area contributed by atoms with Gasteiger partial charge in [-0.1, -0.05) is 24.3 Å². The molecule has 0 N–H and O–H groups in total. The number of anilines is 1. The van der Waals surface area contributed by atoms with Gasteiger partial charge in [0.2, 0.25) is 0 Å². The van der Waals surface area contributed by atoms with Crippen molar-refractivity contribution in [2.75, 3.05) is 10.7 Å². The van der Waals surface area contributed by atoms with Gasteiger partial charge < -0.3 is 0 Å². The maximum absolute atomic E-state index is 12.4. The number of ketones is 1. The number of para-hydroxylation sites is 1. The van der Waals surface area contributed by atoms with E-state index in [9.17, 15) is 9.59 Å². The molecule has 1 aromatic heterocycles. The van der Waals surface area contributed by atoms with Crippen LogP contribution in [0.4, 0.5) is 5.69 Å². The Morgan fingerprint density at radius 2 is 1.88 bits per heavy atom.